The Labute approximate surface area is 418 Å². The van der Waals surface area contributed by atoms with E-state index in [9.17, 15) is 0 Å². The van der Waals surface area contributed by atoms with Gasteiger partial charge in [0.25, 0.3) is 0 Å². The minimum atomic E-state index is 0.693. The minimum Gasteiger partial charge on any atom is -0.454 e. The minimum absolute atomic E-state index is 0.693. The number of aromatic nitrogens is 4. The van der Waals surface area contributed by atoms with Crippen molar-refractivity contribution in [2.24, 2.45) is 0 Å². The van der Waals surface area contributed by atoms with Gasteiger partial charge < -0.3 is 18.0 Å². The molecule has 0 spiro atoms. The van der Waals surface area contributed by atoms with E-state index in [2.05, 4.69) is 226 Å². The molecule has 0 fully saturated rings. The second kappa shape index (κ2) is 16.1. The van der Waals surface area contributed by atoms with Crippen molar-refractivity contribution in [3.8, 4) is 11.4 Å². The predicted octanol–water partition coefficient (Wildman–Crippen LogP) is 17.7. The Morgan fingerprint density at radius 1 is 0.329 bits per heavy atom. The van der Waals surface area contributed by atoms with Crippen molar-refractivity contribution in [2.75, 3.05) is 9.80 Å². The summed E-state index contributed by atoms with van der Waals surface area (Å²) in [6, 6.07) is 83.0. The summed E-state index contributed by atoms with van der Waals surface area (Å²) in [5.74, 6) is 1.53. The van der Waals surface area contributed by atoms with Gasteiger partial charge in [-0.05, 0) is 122 Å². The zero-order chi connectivity index (χ0) is 48.1. The van der Waals surface area contributed by atoms with Crippen molar-refractivity contribution >= 4 is 122 Å². The Bertz CT molecular complexity index is 4340. The second-order valence-electron chi connectivity index (χ2n) is 18.6. The molecule has 0 amide bonds. The van der Waals surface area contributed by atoms with Gasteiger partial charge in [-0.15, -0.1) is 0 Å². The number of rotatable bonds is 8. The molecule has 0 aliphatic rings. The number of aryl methyl sites for hydroxylation is 1. The van der Waals surface area contributed by atoms with Gasteiger partial charge in [-0.2, -0.15) is 0 Å². The fraction of sp³-hybridized carbons (Fsp3) is 0.0154. The average Bonchev–Trinajstić information content (AvgIpc) is 4.20. The van der Waals surface area contributed by atoms with E-state index in [4.69, 9.17) is 18.8 Å². The molecule has 0 unspecified atom stereocenters. The first-order chi connectivity index (χ1) is 36.1. The smallest absolute Gasteiger partial charge is 0.154 e. The van der Waals surface area contributed by atoms with Gasteiger partial charge in [-0.3, -0.25) is 9.80 Å². The average molecular weight is 939 g/mol. The summed E-state index contributed by atoms with van der Waals surface area (Å²) >= 11 is 0. The third-order valence-corrected chi connectivity index (χ3v) is 14.4. The number of hydrogen-bond donors (Lipinski definition) is 0. The normalized spacial score (nSPS) is 11.9. The van der Waals surface area contributed by atoms with Crippen molar-refractivity contribution < 1.29 is 8.83 Å². The van der Waals surface area contributed by atoms with E-state index >= 15 is 0 Å². The van der Waals surface area contributed by atoms with E-state index in [1.54, 1.807) is 0 Å². The maximum absolute atomic E-state index is 6.69. The molecule has 0 bridgehead atoms. The molecule has 6 heterocycles. The molecule has 73 heavy (non-hydrogen) atoms. The van der Waals surface area contributed by atoms with E-state index in [0.29, 0.717) is 11.2 Å². The summed E-state index contributed by atoms with van der Waals surface area (Å²) in [6.07, 6.45) is 0. The molecule has 9 aromatic carbocycles. The van der Waals surface area contributed by atoms with Crippen LogP contribution in [0.1, 0.15) is 5.56 Å². The molecule has 0 radical (unpaired) electrons. The lowest BCUT2D eigenvalue weighted by Crippen LogP contribution is -2.11. The van der Waals surface area contributed by atoms with Gasteiger partial charge in [0, 0.05) is 72.0 Å². The molecule has 0 atom stereocenters. The zero-order valence-electron chi connectivity index (χ0n) is 39.5. The van der Waals surface area contributed by atoms with Crippen LogP contribution in [0.4, 0.5) is 34.4 Å². The largest absolute Gasteiger partial charge is 0.454 e. The van der Waals surface area contributed by atoms with Crippen LogP contribution in [0.5, 0.6) is 0 Å². The number of nitrogens with zero attached hydrogens (tertiary/aromatic N) is 6. The molecule has 344 valence electrons. The summed E-state index contributed by atoms with van der Waals surface area (Å²) < 4.78 is 18.1. The Morgan fingerprint density at radius 3 is 1.15 bits per heavy atom. The first-order valence-corrected chi connectivity index (χ1v) is 24.6. The molecule has 8 heteroatoms. The Balaban J connectivity index is 0.898. The monoisotopic (exact) mass is 938 g/mol. The number of fused-ring (bicyclic) bond motifs is 12. The van der Waals surface area contributed by atoms with Gasteiger partial charge >= 0.3 is 0 Å². The highest BCUT2D eigenvalue weighted by molar-refractivity contribution is 6.16. The van der Waals surface area contributed by atoms with Crippen molar-refractivity contribution in [3.05, 3.63) is 242 Å². The maximum atomic E-state index is 6.69. The summed E-state index contributed by atoms with van der Waals surface area (Å²) in [6.45, 7) is 2.06. The molecule has 0 aliphatic carbocycles. The molecule has 8 nitrogen and oxygen atoms in total. The van der Waals surface area contributed by atoms with E-state index in [0.717, 1.165) is 106 Å². The van der Waals surface area contributed by atoms with Crippen molar-refractivity contribution in [1.29, 1.82) is 0 Å². The number of pyridine rings is 2. The lowest BCUT2D eigenvalue weighted by molar-refractivity contribution is 0.650. The van der Waals surface area contributed by atoms with Gasteiger partial charge in [-0.25, -0.2) is 9.97 Å². The van der Waals surface area contributed by atoms with Crippen LogP contribution >= 0.6 is 0 Å². The van der Waals surface area contributed by atoms with E-state index in [1.807, 2.05) is 36.4 Å². The fourth-order valence-electron chi connectivity index (χ4n) is 11.2. The molecule has 0 aliphatic heterocycles. The Hall–Kier alpha value is -9.92. The first-order valence-electron chi connectivity index (χ1n) is 24.6. The highest BCUT2D eigenvalue weighted by Gasteiger charge is 2.24. The molecular formula is C65H42N6O2. The summed E-state index contributed by atoms with van der Waals surface area (Å²) in [5.41, 5.74) is 16.0. The zero-order valence-corrected chi connectivity index (χ0v) is 39.5. The van der Waals surface area contributed by atoms with E-state index < -0.39 is 0 Å². The van der Waals surface area contributed by atoms with Crippen molar-refractivity contribution in [2.45, 2.75) is 6.92 Å². The number of benzene rings is 9. The van der Waals surface area contributed by atoms with Crippen LogP contribution in [-0.4, -0.2) is 19.1 Å². The van der Waals surface area contributed by atoms with Crippen LogP contribution in [0.3, 0.4) is 0 Å². The molecular weight excluding hydrogens is 897 g/mol. The topological polar surface area (TPSA) is 68.4 Å². The molecule has 15 aromatic rings. The maximum Gasteiger partial charge on any atom is 0.154 e. The van der Waals surface area contributed by atoms with Crippen LogP contribution < -0.4 is 9.80 Å². The van der Waals surface area contributed by atoms with E-state index in [-0.39, 0.29) is 0 Å². The predicted molar refractivity (Wildman–Crippen MR) is 299 cm³/mol. The number of anilines is 6. The number of para-hydroxylation sites is 6. The highest BCUT2D eigenvalue weighted by Crippen LogP contribution is 2.45. The van der Waals surface area contributed by atoms with Crippen LogP contribution in [-0.2, 0) is 0 Å². The van der Waals surface area contributed by atoms with Crippen LogP contribution in [0, 0.1) is 6.92 Å². The third kappa shape index (κ3) is 6.33. The fourth-order valence-corrected chi connectivity index (χ4v) is 11.2. The quantitative estimate of drug-likeness (QED) is 0.151. The Kier molecular flexibility index (Phi) is 9.00. The highest BCUT2D eigenvalue weighted by atomic mass is 16.3. The number of hydrogen-bond acceptors (Lipinski definition) is 6. The van der Waals surface area contributed by atoms with Gasteiger partial charge in [0.05, 0.1) is 22.1 Å². The van der Waals surface area contributed by atoms with Gasteiger partial charge in [0.15, 0.2) is 11.2 Å². The third-order valence-electron chi connectivity index (χ3n) is 14.4. The van der Waals surface area contributed by atoms with Gasteiger partial charge in [-0.1, -0.05) is 121 Å². The molecule has 0 N–H and O–H groups in total. The standard InChI is InChI=1S/C65H42N6O2/c1-41-64-52(62-58(72-64)34-36-60(66-62)68(42-18-6-2-7-19-42)46-30-32-50-48-26-14-16-28-54(48)70(56(50)38-46)44-22-10-4-11-23-44)40-53-63-59(73-65(41)53)35-37-61(67-63)69(43-20-8-3-9-21-43)47-31-33-51-49-27-15-17-29-55(49)71(57(51)39-47)45-24-12-5-13-25-45/h2-40H,1H3. The lowest BCUT2D eigenvalue weighted by atomic mass is 10.1. The summed E-state index contributed by atoms with van der Waals surface area (Å²) in [4.78, 5) is 15.4. The second-order valence-corrected chi connectivity index (χ2v) is 18.6. The Morgan fingerprint density at radius 2 is 0.712 bits per heavy atom. The van der Waals surface area contributed by atoms with Crippen molar-refractivity contribution in [3.63, 3.8) is 0 Å². The molecule has 0 saturated carbocycles. The van der Waals surface area contributed by atoms with Gasteiger partial charge in [0.1, 0.15) is 33.8 Å². The molecule has 6 aromatic heterocycles. The van der Waals surface area contributed by atoms with Gasteiger partial charge in [0.2, 0.25) is 0 Å². The van der Waals surface area contributed by atoms with Crippen LogP contribution in [0.15, 0.2) is 245 Å². The number of furan rings is 2. The first kappa shape index (κ1) is 40.9. The summed E-state index contributed by atoms with van der Waals surface area (Å²) in [5, 5.41) is 6.56. The van der Waals surface area contributed by atoms with Crippen molar-refractivity contribution in [1.82, 2.24) is 19.1 Å². The molecule has 0 saturated heterocycles. The van der Waals surface area contributed by atoms with Crippen LogP contribution in [0.25, 0.3) is 99.1 Å². The van der Waals surface area contributed by atoms with E-state index in [1.165, 1.54) is 21.5 Å². The van der Waals surface area contributed by atoms with Crippen LogP contribution in [0.2, 0.25) is 0 Å². The molecule has 15 rings (SSSR count). The summed E-state index contributed by atoms with van der Waals surface area (Å²) in [7, 11) is 0. The SMILES string of the molecule is Cc1c2oc3ccc(N(c4ccccc4)c4ccc5c6ccccc6n(-c6ccccc6)c5c4)nc3c2cc2c1oc1ccc(N(c3ccccc3)c3ccc4c5ccccc5n(-c5ccccc5)c4c3)nc12. The lowest BCUT2D eigenvalue weighted by Gasteiger charge is -2.24.